The van der Waals surface area contributed by atoms with Crippen molar-refractivity contribution in [1.29, 1.82) is 0 Å². The fraction of sp³-hybridized carbons (Fsp3) is 0.333. The lowest BCUT2D eigenvalue weighted by Gasteiger charge is -2.38. The van der Waals surface area contributed by atoms with Crippen LogP contribution >= 0.6 is 11.6 Å². The number of amides is 2. The Morgan fingerprint density at radius 3 is 2.44 bits per heavy atom. The molecule has 0 spiro atoms. The number of hydrogen-bond acceptors (Lipinski definition) is 7. The van der Waals surface area contributed by atoms with Gasteiger partial charge in [-0.05, 0) is 48.7 Å². The van der Waals surface area contributed by atoms with Gasteiger partial charge in [-0.1, -0.05) is 23.7 Å². The second-order valence-corrected chi connectivity index (χ2v) is 8.49. The van der Waals surface area contributed by atoms with Gasteiger partial charge in [0.05, 0.1) is 17.7 Å². The first-order valence-corrected chi connectivity index (χ1v) is 11.2. The Morgan fingerprint density at radius 1 is 1.09 bits per heavy atom. The molecule has 0 radical (unpaired) electrons. The summed E-state index contributed by atoms with van der Waals surface area (Å²) in [6.45, 7) is 3.27. The third-order valence-electron chi connectivity index (χ3n) is 5.93. The van der Waals surface area contributed by atoms with Gasteiger partial charge in [0.15, 0.2) is 0 Å². The predicted octanol–water partition coefficient (Wildman–Crippen LogP) is 3.77. The summed E-state index contributed by atoms with van der Waals surface area (Å²) < 4.78 is 16.0. The van der Waals surface area contributed by atoms with E-state index in [1.54, 1.807) is 26.2 Å². The summed E-state index contributed by atoms with van der Waals surface area (Å²) in [4.78, 5) is 25.2. The van der Waals surface area contributed by atoms with Crippen molar-refractivity contribution in [3.63, 3.8) is 0 Å². The molecule has 0 aliphatic carbocycles. The van der Waals surface area contributed by atoms with Gasteiger partial charge in [-0.3, -0.25) is 9.59 Å². The molecule has 1 saturated heterocycles. The average Bonchev–Trinajstić information content (AvgIpc) is 3.30. The topological polar surface area (TPSA) is 116 Å². The molecule has 0 unspecified atom stereocenters. The van der Waals surface area contributed by atoms with Gasteiger partial charge in [-0.2, -0.15) is 0 Å². The van der Waals surface area contributed by atoms with Gasteiger partial charge in [0.1, 0.15) is 5.75 Å². The maximum absolute atomic E-state index is 13.0. The van der Waals surface area contributed by atoms with Crippen molar-refractivity contribution in [2.75, 3.05) is 32.2 Å². The average molecular weight is 485 g/mol. The number of aryl methyl sites for hydroxylation is 1. The number of ether oxygens (including phenoxy) is 2. The number of benzene rings is 2. The summed E-state index contributed by atoms with van der Waals surface area (Å²) in [5, 5.41) is 13.2. The quantitative estimate of drug-likeness (QED) is 0.524. The highest BCUT2D eigenvalue weighted by atomic mass is 35.5. The van der Waals surface area contributed by atoms with Crippen molar-refractivity contribution in [2.24, 2.45) is 0 Å². The zero-order valence-electron chi connectivity index (χ0n) is 18.9. The van der Waals surface area contributed by atoms with E-state index in [0.717, 1.165) is 24.2 Å². The maximum atomic E-state index is 13.0. The van der Waals surface area contributed by atoms with Crippen LogP contribution in [0.3, 0.4) is 0 Å². The van der Waals surface area contributed by atoms with Crippen molar-refractivity contribution in [3.8, 4) is 5.75 Å². The van der Waals surface area contributed by atoms with E-state index < -0.39 is 5.91 Å². The zero-order chi connectivity index (χ0) is 24.1. The van der Waals surface area contributed by atoms with Crippen LogP contribution < -0.4 is 15.4 Å². The number of methoxy groups -OCH3 is 1. The summed E-state index contributed by atoms with van der Waals surface area (Å²) >= 11 is 6.37. The second-order valence-electron chi connectivity index (χ2n) is 8.08. The van der Waals surface area contributed by atoms with Crippen LogP contribution in [-0.2, 0) is 10.2 Å². The molecule has 1 aromatic heterocycles. The van der Waals surface area contributed by atoms with Gasteiger partial charge < -0.3 is 24.5 Å². The molecule has 4 rings (SSSR count). The lowest BCUT2D eigenvalue weighted by atomic mass is 9.74. The van der Waals surface area contributed by atoms with E-state index in [-0.39, 0.29) is 28.1 Å². The molecule has 34 heavy (non-hydrogen) atoms. The number of rotatable bonds is 7. The van der Waals surface area contributed by atoms with Crippen molar-refractivity contribution in [1.82, 2.24) is 15.5 Å². The van der Waals surface area contributed by atoms with E-state index >= 15 is 0 Å². The molecule has 2 amide bonds. The Morgan fingerprint density at radius 2 is 1.82 bits per heavy atom. The third kappa shape index (κ3) is 5.21. The molecule has 0 bridgehead atoms. The van der Waals surface area contributed by atoms with Gasteiger partial charge >= 0.3 is 11.8 Å². The lowest BCUT2D eigenvalue weighted by molar-refractivity contribution is 0.0487. The molecule has 0 atom stereocenters. The first-order valence-electron chi connectivity index (χ1n) is 10.8. The lowest BCUT2D eigenvalue weighted by Crippen LogP contribution is -2.44. The smallest absolute Gasteiger partial charge is 0.313 e. The van der Waals surface area contributed by atoms with Crippen LogP contribution in [0.15, 0.2) is 46.9 Å². The van der Waals surface area contributed by atoms with E-state index in [2.05, 4.69) is 20.8 Å². The number of hydrogen-bond donors (Lipinski definition) is 2. The first-order chi connectivity index (χ1) is 16.4. The Hall–Kier alpha value is -3.43. The minimum atomic E-state index is -0.560. The third-order valence-corrected chi connectivity index (χ3v) is 6.24. The minimum Gasteiger partial charge on any atom is -0.497 e. The van der Waals surface area contributed by atoms with Crippen molar-refractivity contribution >= 4 is 29.1 Å². The van der Waals surface area contributed by atoms with Gasteiger partial charge in [-0.25, -0.2) is 0 Å². The zero-order valence-corrected chi connectivity index (χ0v) is 19.6. The van der Waals surface area contributed by atoms with Crippen LogP contribution in [0.25, 0.3) is 0 Å². The van der Waals surface area contributed by atoms with Gasteiger partial charge in [-0.15, -0.1) is 10.2 Å². The van der Waals surface area contributed by atoms with E-state index in [1.165, 1.54) is 6.07 Å². The first kappa shape index (κ1) is 23.7. The molecular formula is C24H25ClN4O5. The highest BCUT2D eigenvalue weighted by molar-refractivity contribution is 6.34. The van der Waals surface area contributed by atoms with E-state index in [9.17, 15) is 9.59 Å². The van der Waals surface area contributed by atoms with Gasteiger partial charge in [0.25, 0.3) is 5.91 Å². The Kier molecular flexibility index (Phi) is 7.14. The SMILES string of the molecule is COc1ccc(C2(CNC(=O)c3ccc(NC(=O)c4nnc(C)o4)cc3Cl)CCOCC2)cc1. The Labute approximate surface area is 201 Å². The van der Waals surface area contributed by atoms with Crippen molar-refractivity contribution in [2.45, 2.75) is 25.2 Å². The maximum Gasteiger partial charge on any atom is 0.313 e. The Balaban J connectivity index is 1.45. The fourth-order valence-electron chi connectivity index (χ4n) is 3.97. The number of aromatic nitrogens is 2. The molecule has 178 valence electrons. The van der Waals surface area contributed by atoms with Crippen LogP contribution in [-0.4, -0.2) is 48.9 Å². The van der Waals surface area contributed by atoms with Crippen LogP contribution in [0.5, 0.6) is 5.75 Å². The van der Waals surface area contributed by atoms with Crippen molar-refractivity contribution in [3.05, 3.63) is 70.4 Å². The molecular weight excluding hydrogens is 460 g/mol. The number of nitrogens with zero attached hydrogens (tertiary/aromatic N) is 2. The Bertz CT molecular complexity index is 1170. The second kappa shape index (κ2) is 10.2. The molecule has 2 heterocycles. The monoisotopic (exact) mass is 484 g/mol. The van der Waals surface area contributed by atoms with Gasteiger partial charge in [0, 0.05) is 37.8 Å². The van der Waals surface area contributed by atoms with Crippen molar-refractivity contribution < 1.29 is 23.5 Å². The summed E-state index contributed by atoms with van der Waals surface area (Å²) in [5.74, 6) is 0.0515. The van der Waals surface area contributed by atoms with Gasteiger partial charge in [0.2, 0.25) is 5.89 Å². The number of halogens is 1. The molecule has 0 saturated carbocycles. The number of anilines is 1. The van der Waals surface area contributed by atoms with Crippen LogP contribution in [0.2, 0.25) is 5.02 Å². The summed E-state index contributed by atoms with van der Waals surface area (Å²) in [7, 11) is 1.63. The predicted molar refractivity (Wildman–Crippen MR) is 125 cm³/mol. The molecule has 2 aromatic carbocycles. The number of nitrogens with one attached hydrogen (secondary N) is 2. The molecule has 2 N–H and O–H groups in total. The molecule has 9 nitrogen and oxygen atoms in total. The molecule has 1 fully saturated rings. The van der Waals surface area contributed by atoms with Crippen LogP contribution in [0.1, 0.15) is 45.3 Å². The highest BCUT2D eigenvalue weighted by Crippen LogP contribution is 2.35. The number of carbonyl (C=O) groups is 2. The normalized spacial score (nSPS) is 14.9. The van der Waals surface area contributed by atoms with E-state index in [1.807, 2.05) is 24.3 Å². The molecule has 3 aromatic rings. The highest BCUT2D eigenvalue weighted by Gasteiger charge is 2.35. The van der Waals surface area contributed by atoms with E-state index in [0.29, 0.717) is 31.0 Å². The van der Waals surface area contributed by atoms with Crippen LogP contribution in [0, 0.1) is 6.92 Å². The molecule has 1 aliphatic heterocycles. The minimum absolute atomic E-state index is 0.157. The standard InChI is InChI=1S/C24H25ClN4O5/c1-15-28-29-23(34-15)22(31)27-17-5-8-19(20(25)13-17)21(30)26-14-24(9-11-33-12-10-24)16-3-6-18(32-2)7-4-16/h3-8,13H,9-12,14H2,1-2H3,(H,26,30)(H,27,31). The fourth-order valence-corrected chi connectivity index (χ4v) is 4.24. The van der Waals surface area contributed by atoms with E-state index in [4.69, 9.17) is 25.5 Å². The molecule has 1 aliphatic rings. The summed E-state index contributed by atoms with van der Waals surface area (Å²) in [6, 6.07) is 12.6. The summed E-state index contributed by atoms with van der Waals surface area (Å²) in [5.41, 5.74) is 1.59. The number of carbonyl (C=O) groups excluding carboxylic acids is 2. The molecule has 10 heteroatoms. The largest absolute Gasteiger partial charge is 0.497 e. The summed E-state index contributed by atoms with van der Waals surface area (Å²) in [6.07, 6.45) is 1.57. The van der Waals surface area contributed by atoms with Crippen LogP contribution in [0.4, 0.5) is 5.69 Å².